The number of thioether (sulfide) groups is 1. The van der Waals surface area contributed by atoms with Crippen LogP contribution in [0.1, 0.15) is 11.4 Å². The van der Waals surface area contributed by atoms with Crippen molar-refractivity contribution in [2.45, 2.75) is 18.0 Å². The van der Waals surface area contributed by atoms with Crippen molar-refractivity contribution < 1.29 is 14.0 Å². The zero-order valence-electron chi connectivity index (χ0n) is 16.3. The predicted molar refractivity (Wildman–Crippen MR) is 113 cm³/mol. The summed E-state index contributed by atoms with van der Waals surface area (Å²) in [5.41, 5.74) is 2.26. The highest BCUT2D eigenvalue weighted by Crippen LogP contribution is 2.28. The van der Waals surface area contributed by atoms with Gasteiger partial charge in [0.1, 0.15) is 11.6 Å². The summed E-state index contributed by atoms with van der Waals surface area (Å²) in [4.78, 5) is 26.7. The molecule has 0 radical (unpaired) electrons. The number of rotatable bonds is 6. The van der Waals surface area contributed by atoms with E-state index in [1.54, 1.807) is 28.6 Å². The van der Waals surface area contributed by atoms with E-state index in [4.69, 9.17) is 0 Å². The minimum absolute atomic E-state index is 0.00629. The molecule has 7 nitrogen and oxygen atoms in total. The maximum absolute atomic E-state index is 13.7. The van der Waals surface area contributed by atoms with Crippen LogP contribution in [0.5, 0.6) is 0 Å². The lowest BCUT2D eigenvalue weighted by atomic mass is 10.2. The summed E-state index contributed by atoms with van der Waals surface area (Å²) in [6.07, 6.45) is 0.809. The van der Waals surface area contributed by atoms with Crippen LogP contribution < -0.4 is 10.2 Å². The fourth-order valence-corrected chi connectivity index (χ4v) is 4.13. The van der Waals surface area contributed by atoms with Crippen molar-refractivity contribution in [1.29, 1.82) is 0 Å². The number of fused-ring (bicyclic) bond motifs is 1. The Hall–Kier alpha value is -3.20. The number of anilines is 2. The molecule has 1 aliphatic heterocycles. The Morgan fingerprint density at radius 1 is 1.13 bits per heavy atom. The Labute approximate surface area is 177 Å². The van der Waals surface area contributed by atoms with Crippen molar-refractivity contribution in [3.05, 3.63) is 65.7 Å². The molecule has 0 atom stereocenters. The molecule has 3 aromatic rings. The molecule has 154 valence electrons. The molecule has 1 aliphatic rings. The molecule has 0 saturated heterocycles. The van der Waals surface area contributed by atoms with Gasteiger partial charge >= 0.3 is 0 Å². The van der Waals surface area contributed by atoms with Crippen LogP contribution in [0, 0.1) is 5.82 Å². The van der Waals surface area contributed by atoms with Crippen LogP contribution >= 0.6 is 11.8 Å². The van der Waals surface area contributed by atoms with Crippen molar-refractivity contribution in [1.82, 2.24) is 14.8 Å². The van der Waals surface area contributed by atoms with Gasteiger partial charge in [-0.2, -0.15) is 0 Å². The SMILES string of the molecule is Cn1c(CC(=O)Nc2ccccc2F)nnc1SCC(=O)N1CCc2ccccc21. The maximum Gasteiger partial charge on any atom is 0.237 e. The first-order chi connectivity index (χ1) is 14.5. The summed E-state index contributed by atoms with van der Waals surface area (Å²) < 4.78 is 15.4. The molecular weight excluding hydrogens is 405 g/mol. The zero-order chi connectivity index (χ0) is 21.1. The van der Waals surface area contributed by atoms with Crippen molar-refractivity contribution in [2.24, 2.45) is 7.05 Å². The lowest BCUT2D eigenvalue weighted by molar-refractivity contribution is -0.116. The summed E-state index contributed by atoms with van der Waals surface area (Å²) in [5, 5.41) is 11.2. The van der Waals surface area contributed by atoms with Gasteiger partial charge in [0.25, 0.3) is 0 Å². The number of nitrogens with one attached hydrogen (secondary N) is 1. The molecule has 2 amide bonds. The number of hydrogen-bond acceptors (Lipinski definition) is 5. The molecule has 0 saturated carbocycles. The van der Waals surface area contributed by atoms with Crippen LogP contribution in [0.2, 0.25) is 0 Å². The van der Waals surface area contributed by atoms with Gasteiger partial charge in [-0.05, 0) is 30.2 Å². The number of benzene rings is 2. The smallest absolute Gasteiger partial charge is 0.237 e. The third kappa shape index (κ3) is 4.20. The molecule has 4 rings (SSSR count). The predicted octanol–water partition coefficient (Wildman–Crippen LogP) is 2.82. The quantitative estimate of drug-likeness (QED) is 0.615. The highest BCUT2D eigenvalue weighted by atomic mass is 32.2. The summed E-state index contributed by atoms with van der Waals surface area (Å²) in [7, 11) is 1.74. The number of nitrogens with zero attached hydrogens (tertiary/aromatic N) is 4. The average Bonchev–Trinajstić information content (AvgIpc) is 3.32. The summed E-state index contributed by atoms with van der Waals surface area (Å²) in [6, 6.07) is 13.9. The minimum Gasteiger partial charge on any atom is -0.323 e. The van der Waals surface area contributed by atoms with E-state index in [1.165, 1.54) is 29.5 Å². The van der Waals surface area contributed by atoms with E-state index in [0.717, 1.165) is 12.1 Å². The number of amides is 2. The van der Waals surface area contributed by atoms with E-state index < -0.39 is 11.7 Å². The number of carbonyl (C=O) groups excluding carboxylic acids is 2. The second kappa shape index (κ2) is 8.66. The van der Waals surface area contributed by atoms with Gasteiger partial charge in [0.2, 0.25) is 11.8 Å². The van der Waals surface area contributed by atoms with Gasteiger partial charge in [-0.15, -0.1) is 10.2 Å². The molecule has 0 spiro atoms. The minimum atomic E-state index is -0.498. The third-order valence-electron chi connectivity index (χ3n) is 4.90. The van der Waals surface area contributed by atoms with Gasteiger partial charge in [-0.25, -0.2) is 4.39 Å². The third-order valence-corrected chi connectivity index (χ3v) is 5.91. The Balaban J connectivity index is 1.35. The summed E-state index contributed by atoms with van der Waals surface area (Å²) in [5.74, 6) is -0.224. The lowest BCUT2D eigenvalue weighted by Crippen LogP contribution is -2.30. The van der Waals surface area contributed by atoms with Crippen LogP contribution in [0.4, 0.5) is 15.8 Å². The lowest BCUT2D eigenvalue weighted by Gasteiger charge is -2.16. The topological polar surface area (TPSA) is 80.1 Å². The molecule has 9 heteroatoms. The first kappa shape index (κ1) is 20.1. The molecule has 0 aliphatic carbocycles. The normalized spacial score (nSPS) is 12.7. The first-order valence-electron chi connectivity index (χ1n) is 9.46. The molecule has 0 unspecified atom stereocenters. The Morgan fingerprint density at radius 2 is 1.90 bits per heavy atom. The van der Waals surface area contributed by atoms with Crippen molar-refractivity contribution in [3.63, 3.8) is 0 Å². The Bertz CT molecular complexity index is 1100. The van der Waals surface area contributed by atoms with E-state index in [1.807, 2.05) is 24.3 Å². The van der Waals surface area contributed by atoms with Gasteiger partial charge in [0, 0.05) is 19.3 Å². The number of halogens is 1. The van der Waals surface area contributed by atoms with Gasteiger partial charge in [-0.3, -0.25) is 9.59 Å². The number of para-hydroxylation sites is 2. The number of aromatic nitrogens is 3. The van der Waals surface area contributed by atoms with Crippen molar-refractivity contribution in [2.75, 3.05) is 22.5 Å². The maximum atomic E-state index is 13.7. The van der Waals surface area contributed by atoms with E-state index in [2.05, 4.69) is 15.5 Å². The number of carbonyl (C=O) groups is 2. The van der Waals surface area contributed by atoms with E-state index >= 15 is 0 Å². The van der Waals surface area contributed by atoms with Crippen LogP contribution in [0.15, 0.2) is 53.7 Å². The summed E-state index contributed by atoms with van der Waals surface area (Å²) >= 11 is 1.28. The highest BCUT2D eigenvalue weighted by molar-refractivity contribution is 7.99. The zero-order valence-corrected chi connectivity index (χ0v) is 17.2. The fraction of sp³-hybridized carbons (Fsp3) is 0.238. The van der Waals surface area contributed by atoms with E-state index in [-0.39, 0.29) is 23.8 Å². The van der Waals surface area contributed by atoms with Gasteiger partial charge in [0.15, 0.2) is 5.16 Å². The molecule has 0 bridgehead atoms. The van der Waals surface area contributed by atoms with Gasteiger partial charge in [-0.1, -0.05) is 42.1 Å². The van der Waals surface area contributed by atoms with Crippen LogP contribution in [0.3, 0.4) is 0 Å². The molecule has 2 aromatic carbocycles. The molecule has 1 aromatic heterocycles. The molecule has 30 heavy (non-hydrogen) atoms. The van der Waals surface area contributed by atoms with Crippen LogP contribution in [0.25, 0.3) is 0 Å². The van der Waals surface area contributed by atoms with Crippen LogP contribution in [-0.4, -0.2) is 38.9 Å². The second-order valence-corrected chi connectivity index (χ2v) is 7.82. The highest BCUT2D eigenvalue weighted by Gasteiger charge is 2.24. The molecule has 1 N–H and O–H groups in total. The molecule has 0 fully saturated rings. The summed E-state index contributed by atoms with van der Waals surface area (Å²) in [6.45, 7) is 0.680. The van der Waals surface area contributed by atoms with E-state index in [0.29, 0.717) is 17.5 Å². The monoisotopic (exact) mass is 425 g/mol. The van der Waals surface area contributed by atoms with Crippen molar-refractivity contribution >= 4 is 35.0 Å². The number of hydrogen-bond donors (Lipinski definition) is 1. The standard InChI is InChI=1S/C21H20FN5O2S/c1-26-18(12-19(28)23-16-8-4-3-7-15(16)22)24-25-21(26)30-13-20(29)27-11-10-14-6-2-5-9-17(14)27/h2-9H,10-13H2,1H3,(H,23,28). The van der Waals surface area contributed by atoms with Gasteiger partial charge in [0.05, 0.1) is 17.9 Å². The Morgan fingerprint density at radius 3 is 2.73 bits per heavy atom. The van der Waals surface area contributed by atoms with E-state index in [9.17, 15) is 14.0 Å². The molecule has 2 heterocycles. The van der Waals surface area contributed by atoms with Gasteiger partial charge < -0.3 is 14.8 Å². The molecular formula is C21H20FN5O2S. The largest absolute Gasteiger partial charge is 0.323 e. The second-order valence-electron chi connectivity index (χ2n) is 6.88. The fourth-order valence-electron chi connectivity index (χ4n) is 3.33. The van der Waals surface area contributed by atoms with Crippen LogP contribution in [-0.2, 0) is 29.5 Å². The first-order valence-corrected chi connectivity index (χ1v) is 10.4. The van der Waals surface area contributed by atoms with Crippen molar-refractivity contribution in [3.8, 4) is 0 Å². The average molecular weight is 425 g/mol. The Kier molecular flexibility index (Phi) is 5.80.